The Morgan fingerprint density at radius 2 is 1.93 bits per heavy atom. The highest BCUT2D eigenvalue weighted by molar-refractivity contribution is 5.36. The van der Waals surface area contributed by atoms with Crippen molar-refractivity contribution in [2.45, 2.75) is 19.3 Å². The number of isocyanates is 2. The summed E-state index contributed by atoms with van der Waals surface area (Å²) in [5.74, 6) is 1.11. The largest absolute Gasteiger partial charge is 0.235 e. The lowest BCUT2D eigenvalue weighted by Crippen LogP contribution is -2.13. The summed E-state index contributed by atoms with van der Waals surface area (Å²) in [7, 11) is 0. The van der Waals surface area contributed by atoms with Crippen molar-refractivity contribution < 1.29 is 9.59 Å². The van der Waals surface area contributed by atoms with Crippen LogP contribution in [-0.4, -0.2) is 25.2 Å². The molecule has 1 fully saturated rings. The zero-order chi connectivity index (χ0) is 10.7. The van der Waals surface area contributed by atoms with E-state index < -0.39 is 0 Å². The molecule has 0 aromatic rings. The van der Waals surface area contributed by atoms with E-state index in [4.69, 9.17) is 0 Å². The van der Waals surface area contributed by atoms with Gasteiger partial charge in [-0.2, -0.15) is 0 Å². The molecular weight excluding hydrogens is 192 g/mol. The lowest BCUT2D eigenvalue weighted by molar-refractivity contribution is 0.391. The Balaban J connectivity index is 2.00. The Kier molecular flexibility index (Phi) is 2.91. The van der Waals surface area contributed by atoms with Crippen LogP contribution >= 0.6 is 0 Å². The van der Waals surface area contributed by atoms with Gasteiger partial charge in [0, 0.05) is 0 Å². The fourth-order valence-corrected chi connectivity index (χ4v) is 2.71. The van der Waals surface area contributed by atoms with Gasteiger partial charge in [-0.05, 0) is 36.7 Å². The number of nitrogens with zero attached hydrogens (tertiary/aromatic N) is 2. The molecule has 0 spiro atoms. The van der Waals surface area contributed by atoms with Gasteiger partial charge in [-0.1, -0.05) is 5.57 Å². The smallest absolute Gasteiger partial charge is 0.211 e. The van der Waals surface area contributed by atoms with Crippen LogP contribution in [-0.2, 0) is 9.59 Å². The molecule has 0 N–H and O–H groups in total. The van der Waals surface area contributed by atoms with E-state index in [1.807, 2.05) is 0 Å². The highest BCUT2D eigenvalue weighted by atomic mass is 16.1. The molecule has 2 unspecified atom stereocenters. The highest BCUT2D eigenvalue weighted by Gasteiger charge is 2.37. The van der Waals surface area contributed by atoms with Crippen molar-refractivity contribution in [3.8, 4) is 0 Å². The minimum atomic E-state index is 0.505. The normalized spacial score (nSPS) is 27.5. The first kappa shape index (κ1) is 10.0. The molecule has 78 valence electrons. The second kappa shape index (κ2) is 4.35. The van der Waals surface area contributed by atoms with Gasteiger partial charge in [0.15, 0.2) is 0 Å². The SMILES string of the molecule is O=C=NCC1=C2CC(CN=C=O)C(C1)C2. The molecule has 2 aliphatic carbocycles. The van der Waals surface area contributed by atoms with Crippen LogP contribution in [0.15, 0.2) is 21.1 Å². The maximum absolute atomic E-state index is 10.0. The van der Waals surface area contributed by atoms with Crippen molar-refractivity contribution in [1.82, 2.24) is 0 Å². The first-order chi connectivity index (χ1) is 7.35. The predicted octanol–water partition coefficient (Wildman–Crippen LogP) is 1.38. The van der Waals surface area contributed by atoms with E-state index in [2.05, 4.69) is 9.98 Å². The Morgan fingerprint density at radius 1 is 1.13 bits per heavy atom. The number of hydrogen-bond donors (Lipinski definition) is 0. The van der Waals surface area contributed by atoms with Gasteiger partial charge in [0.05, 0.1) is 13.1 Å². The molecule has 4 nitrogen and oxygen atoms in total. The topological polar surface area (TPSA) is 58.9 Å². The number of rotatable bonds is 4. The molecule has 2 aliphatic rings. The fourth-order valence-electron chi connectivity index (χ4n) is 2.71. The lowest BCUT2D eigenvalue weighted by atomic mass is 9.88. The molecule has 0 aromatic heterocycles. The molecule has 0 aliphatic heterocycles. The van der Waals surface area contributed by atoms with Crippen LogP contribution in [0.25, 0.3) is 0 Å². The van der Waals surface area contributed by atoms with Crippen LogP contribution in [0.5, 0.6) is 0 Å². The Morgan fingerprint density at radius 3 is 2.53 bits per heavy atom. The van der Waals surface area contributed by atoms with E-state index in [9.17, 15) is 9.59 Å². The first-order valence-corrected chi connectivity index (χ1v) is 5.12. The van der Waals surface area contributed by atoms with E-state index >= 15 is 0 Å². The lowest BCUT2D eigenvalue weighted by Gasteiger charge is -2.18. The van der Waals surface area contributed by atoms with E-state index in [1.165, 1.54) is 11.1 Å². The van der Waals surface area contributed by atoms with Gasteiger partial charge in [-0.15, -0.1) is 0 Å². The van der Waals surface area contributed by atoms with Gasteiger partial charge in [-0.25, -0.2) is 19.6 Å². The van der Waals surface area contributed by atoms with Crippen LogP contribution in [0, 0.1) is 11.8 Å². The molecule has 4 heteroatoms. The van der Waals surface area contributed by atoms with Crippen molar-refractivity contribution in [3.05, 3.63) is 11.1 Å². The second-order valence-electron chi connectivity index (χ2n) is 4.18. The summed E-state index contributed by atoms with van der Waals surface area (Å²) < 4.78 is 0. The number of fused-ring (bicyclic) bond motifs is 2. The number of carbonyl (C=O) groups excluding carboxylic acids is 2. The Labute approximate surface area is 87.8 Å². The van der Waals surface area contributed by atoms with E-state index in [-0.39, 0.29) is 0 Å². The van der Waals surface area contributed by atoms with E-state index in [1.54, 1.807) is 12.2 Å². The molecule has 0 amide bonds. The third-order valence-electron chi connectivity index (χ3n) is 3.42. The van der Waals surface area contributed by atoms with Crippen LogP contribution in [0.1, 0.15) is 19.3 Å². The molecule has 2 atom stereocenters. The maximum atomic E-state index is 10.0. The van der Waals surface area contributed by atoms with Crippen molar-refractivity contribution >= 4 is 12.2 Å². The maximum Gasteiger partial charge on any atom is 0.235 e. The molecule has 0 radical (unpaired) electrons. The second-order valence-corrected chi connectivity index (χ2v) is 4.18. The average molecular weight is 204 g/mol. The highest BCUT2D eigenvalue weighted by Crippen LogP contribution is 2.48. The summed E-state index contributed by atoms with van der Waals surface area (Å²) in [4.78, 5) is 27.3. The van der Waals surface area contributed by atoms with Crippen molar-refractivity contribution in [1.29, 1.82) is 0 Å². The van der Waals surface area contributed by atoms with Gasteiger partial charge < -0.3 is 0 Å². The monoisotopic (exact) mass is 204 g/mol. The average Bonchev–Trinajstić information content (AvgIpc) is 2.82. The summed E-state index contributed by atoms with van der Waals surface area (Å²) >= 11 is 0. The quantitative estimate of drug-likeness (QED) is 0.394. The van der Waals surface area contributed by atoms with Crippen LogP contribution in [0.4, 0.5) is 0 Å². The molecule has 2 rings (SSSR count). The van der Waals surface area contributed by atoms with Gasteiger partial charge in [0.2, 0.25) is 12.2 Å². The zero-order valence-corrected chi connectivity index (χ0v) is 8.40. The van der Waals surface area contributed by atoms with Crippen LogP contribution < -0.4 is 0 Å². The van der Waals surface area contributed by atoms with Gasteiger partial charge >= 0.3 is 0 Å². The molecule has 0 saturated heterocycles. The Bertz CT molecular complexity index is 387. The van der Waals surface area contributed by atoms with Gasteiger partial charge in [0.1, 0.15) is 0 Å². The molecule has 0 aromatic carbocycles. The van der Waals surface area contributed by atoms with Gasteiger partial charge in [-0.3, -0.25) is 0 Å². The van der Waals surface area contributed by atoms with Gasteiger partial charge in [0.25, 0.3) is 0 Å². The summed E-state index contributed by atoms with van der Waals surface area (Å²) in [5, 5.41) is 0. The summed E-state index contributed by atoms with van der Waals surface area (Å²) in [5.41, 5.74) is 2.72. The molecule has 1 saturated carbocycles. The Hall–Kier alpha value is -1.50. The van der Waals surface area contributed by atoms with Crippen molar-refractivity contribution in [3.63, 3.8) is 0 Å². The fraction of sp³-hybridized carbons (Fsp3) is 0.636. The van der Waals surface area contributed by atoms with Crippen LogP contribution in [0.3, 0.4) is 0 Å². The molecule has 0 heterocycles. The number of hydrogen-bond acceptors (Lipinski definition) is 4. The molecule has 2 bridgehead atoms. The minimum absolute atomic E-state index is 0.505. The number of aliphatic imine (C=N–C) groups is 2. The van der Waals surface area contributed by atoms with E-state index in [0.717, 1.165) is 19.3 Å². The van der Waals surface area contributed by atoms with Crippen molar-refractivity contribution in [2.75, 3.05) is 13.1 Å². The third-order valence-corrected chi connectivity index (χ3v) is 3.42. The van der Waals surface area contributed by atoms with Crippen LogP contribution in [0.2, 0.25) is 0 Å². The summed E-state index contributed by atoms with van der Waals surface area (Å²) in [6.45, 7) is 1.11. The van der Waals surface area contributed by atoms with E-state index in [0.29, 0.717) is 24.9 Å². The summed E-state index contributed by atoms with van der Waals surface area (Å²) in [6.07, 6.45) is 6.29. The molecular formula is C11H12N2O2. The number of allylic oxidation sites excluding steroid dienone is 1. The first-order valence-electron chi connectivity index (χ1n) is 5.12. The predicted molar refractivity (Wildman–Crippen MR) is 53.8 cm³/mol. The third kappa shape index (κ3) is 1.96. The molecule has 15 heavy (non-hydrogen) atoms. The minimum Gasteiger partial charge on any atom is -0.211 e. The summed E-state index contributed by atoms with van der Waals surface area (Å²) in [6, 6.07) is 0. The zero-order valence-electron chi connectivity index (χ0n) is 8.40. The standard InChI is InChI=1S/C11H12N2O2/c14-6-12-4-10-2-8-1-9(10)3-11(8)5-13-7-15/h8,11H,1-5H2. The van der Waals surface area contributed by atoms with Crippen molar-refractivity contribution in [2.24, 2.45) is 21.8 Å².